The molecule has 1 N–H and O–H groups in total. The lowest BCUT2D eigenvalue weighted by Crippen LogP contribution is -2.42. The van der Waals surface area contributed by atoms with E-state index < -0.39 is 11.7 Å². The number of aromatic amines is 1. The van der Waals surface area contributed by atoms with Crippen molar-refractivity contribution < 1.29 is 14.0 Å². The maximum Gasteiger partial charge on any atom is 0.228 e. The normalized spacial score (nSPS) is 20.3. The number of para-hydroxylation sites is 2. The van der Waals surface area contributed by atoms with Crippen LogP contribution in [0.4, 0.5) is 10.1 Å². The van der Waals surface area contributed by atoms with Gasteiger partial charge in [-0.05, 0) is 42.5 Å². The van der Waals surface area contributed by atoms with Gasteiger partial charge >= 0.3 is 0 Å². The molecule has 1 aromatic heterocycles. The lowest BCUT2D eigenvalue weighted by Gasteiger charge is -2.33. The number of likely N-dealkylation sites (tertiary alicyclic amines) is 1. The molecular weight excluding hydrogens is 381 g/mol. The molecule has 6 heteroatoms. The number of piperidine rings is 1. The second-order valence-electron chi connectivity index (χ2n) is 8.25. The summed E-state index contributed by atoms with van der Waals surface area (Å²) in [7, 11) is 0. The summed E-state index contributed by atoms with van der Waals surface area (Å²) in [5, 5.41) is 1.25. The van der Waals surface area contributed by atoms with Crippen LogP contribution in [0.25, 0.3) is 10.9 Å². The van der Waals surface area contributed by atoms with Gasteiger partial charge in [0.15, 0.2) is 0 Å². The van der Waals surface area contributed by atoms with Crippen molar-refractivity contribution in [2.24, 2.45) is 5.92 Å². The number of nitrogens with zero attached hydrogens (tertiary/aromatic N) is 2. The first kappa shape index (κ1) is 18.9. The number of fused-ring (bicyclic) bond motifs is 1. The summed E-state index contributed by atoms with van der Waals surface area (Å²) in [5.41, 5.74) is 2.72. The topological polar surface area (TPSA) is 56.4 Å². The molecule has 5 nitrogen and oxygen atoms in total. The summed E-state index contributed by atoms with van der Waals surface area (Å²) >= 11 is 0. The molecule has 2 aliphatic rings. The van der Waals surface area contributed by atoms with E-state index in [1.165, 1.54) is 21.9 Å². The number of carbonyl (C=O) groups is 2. The van der Waals surface area contributed by atoms with Crippen LogP contribution in [-0.2, 0) is 9.59 Å². The molecule has 0 aliphatic carbocycles. The number of hydrogen-bond donors (Lipinski definition) is 1. The molecule has 1 atom stereocenters. The molecule has 30 heavy (non-hydrogen) atoms. The smallest absolute Gasteiger partial charge is 0.228 e. The fourth-order valence-corrected chi connectivity index (χ4v) is 4.88. The third-order valence-electron chi connectivity index (χ3n) is 6.49. The molecule has 154 valence electrons. The number of amides is 2. The second-order valence-corrected chi connectivity index (χ2v) is 8.25. The van der Waals surface area contributed by atoms with Crippen LogP contribution in [-0.4, -0.2) is 41.3 Å². The SMILES string of the molecule is O=C([C@@H]1CC(=O)N(c2ccccc2F)C1)N1CCC(c2c[nH]c3ccccc23)CC1. The number of rotatable bonds is 3. The van der Waals surface area contributed by atoms with Gasteiger partial charge in [0.25, 0.3) is 0 Å². The van der Waals surface area contributed by atoms with Crippen LogP contribution in [0.1, 0.15) is 30.7 Å². The van der Waals surface area contributed by atoms with Gasteiger partial charge in [-0.2, -0.15) is 0 Å². The van der Waals surface area contributed by atoms with Crippen LogP contribution in [0.3, 0.4) is 0 Å². The van der Waals surface area contributed by atoms with E-state index in [2.05, 4.69) is 29.4 Å². The number of anilines is 1. The minimum atomic E-state index is -0.432. The largest absolute Gasteiger partial charge is 0.361 e. The standard InChI is InChI=1S/C24H24FN3O2/c25-20-6-2-4-8-22(20)28-15-17(13-23(28)29)24(30)27-11-9-16(10-12-27)19-14-26-21-7-3-1-5-18(19)21/h1-8,14,16-17,26H,9-13,15H2/t17-/m1/s1. The first-order chi connectivity index (χ1) is 14.6. The fraction of sp³-hybridized carbons (Fsp3) is 0.333. The van der Waals surface area contributed by atoms with Crippen molar-refractivity contribution in [2.75, 3.05) is 24.5 Å². The van der Waals surface area contributed by atoms with Gasteiger partial charge in [0, 0.05) is 43.2 Å². The number of halogens is 1. The Morgan fingerprint density at radius 3 is 2.57 bits per heavy atom. The molecule has 5 rings (SSSR count). The summed E-state index contributed by atoms with van der Waals surface area (Å²) in [6.07, 6.45) is 4.06. The van der Waals surface area contributed by atoms with Crippen molar-refractivity contribution in [3.8, 4) is 0 Å². The van der Waals surface area contributed by atoms with E-state index in [-0.39, 0.29) is 30.5 Å². The summed E-state index contributed by atoms with van der Waals surface area (Å²) in [4.78, 5) is 32.1. The van der Waals surface area contributed by atoms with Crippen LogP contribution in [0, 0.1) is 11.7 Å². The first-order valence-electron chi connectivity index (χ1n) is 10.5. The van der Waals surface area contributed by atoms with Gasteiger partial charge in [-0.1, -0.05) is 30.3 Å². The first-order valence-corrected chi connectivity index (χ1v) is 10.5. The molecule has 2 aromatic carbocycles. The molecule has 2 saturated heterocycles. The van der Waals surface area contributed by atoms with Gasteiger partial charge in [0.05, 0.1) is 11.6 Å². The number of benzene rings is 2. The Balaban J connectivity index is 1.24. The summed E-state index contributed by atoms with van der Waals surface area (Å²) < 4.78 is 14.1. The van der Waals surface area contributed by atoms with E-state index in [0.717, 1.165) is 18.4 Å². The lowest BCUT2D eigenvalue weighted by molar-refractivity contribution is -0.136. The third-order valence-corrected chi connectivity index (χ3v) is 6.49. The van der Waals surface area contributed by atoms with Crippen molar-refractivity contribution in [2.45, 2.75) is 25.2 Å². The third kappa shape index (κ3) is 3.26. The minimum absolute atomic E-state index is 0.0135. The Labute approximate surface area is 174 Å². The lowest BCUT2D eigenvalue weighted by atomic mass is 9.88. The zero-order valence-corrected chi connectivity index (χ0v) is 16.7. The van der Waals surface area contributed by atoms with E-state index in [4.69, 9.17) is 0 Å². The zero-order chi connectivity index (χ0) is 20.7. The Kier molecular flexibility index (Phi) is 4.77. The quantitative estimate of drug-likeness (QED) is 0.714. The Morgan fingerprint density at radius 1 is 1.03 bits per heavy atom. The number of H-pyrrole nitrogens is 1. The molecule has 3 heterocycles. The van der Waals surface area contributed by atoms with E-state index >= 15 is 0 Å². The monoisotopic (exact) mass is 405 g/mol. The van der Waals surface area contributed by atoms with Crippen molar-refractivity contribution >= 4 is 28.4 Å². The predicted octanol–water partition coefficient (Wildman–Crippen LogP) is 4.07. The van der Waals surface area contributed by atoms with Crippen molar-refractivity contribution in [3.63, 3.8) is 0 Å². The molecule has 2 amide bonds. The van der Waals surface area contributed by atoms with Crippen LogP contribution >= 0.6 is 0 Å². The maximum absolute atomic E-state index is 14.1. The predicted molar refractivity (Wildman–Crippen MR) is 114 cm³/mol. The van der Waals surface area contributed by atoms with E-state index in [9.17, 15) is 14.0 Å². The molecule has 0 unspecified atom stereocenters. The number of hydrogen-bond acceptors (Lipinski definition) is 2. The number of nitrogens with one attached hydrogen (secondary N) is 1. The molecule has 0 bridgehead atoms. The second kappa shape index (κ2) is 7.59. The molecule has 0 spiro atoms. The summed E-state index contributed by atoms with van der Waals surface area (Å²) in [6.45, 7) is 1.63. The molecular formula is C24H24FN3O2. The van der Waals surface area contributed by atoms with Crippen molar-refractivity contribution in [3.05, 3.63) is 66.1 Å². The van der Waals surface area contributed by atoms with Crippen LogP contribution < -0.4 is 4.90 Å². The Hall–Kier alpha value is -3.15. The van der Waals surface area contributed by atoms with Crippen molar-refractivity contribution in [1.29, 1.82) is 0 Å². The van der Waals surface area contributed by atoms with Crippen LogP contribution in [0.2, 0.25) is 0 Å². The summed E-state index contributed by atoms with van der Waals surface area (Å²) in [6, 6.07) is 14.5. The van der Waals surface area contributed by atoms with Gasteiger partial charge < -0.3 is 14.8 Å². The minimum Gasteiger partial charge on any atom is -0.361 e. The molecule has 2 aliphatic heterocycles. The van der Waals surface area contributed by atoms with E-state index in [0.29, 0.717) is 19.0 Å². The fourth-order valence-electron chi connectivity index (χ4n) is 4.88. The highest BCUT2D eigenvalue weighted by Crippen LogP contribution is 2.34. The van der Waals surface area contributed by atoms with E-state index in [1.54, 1.807) is 18.2 Å². The highest BCUT2D eigenvalue weighted by molar-refractivity contribution is 6.00. The number of aromatic nitrogens is 1. The van der Waals surface area contributed by atoms with Gasteiger partial charge in [-0.25, -0.2) is 4.39 Å². The van der Waals surface area contributed by atoms with Crippen LogP contribution in [0.15, 0.2) is 54.7 Å². The summed E-state index contributed by atoms with van der Waals surface area (Å²) in [5.74, 6) is -0.586. The van der Waals surface area contributed by atoms with E-state index in [1.807, 2.05) is 11.0 Å². The van der Waals surface area contributed by atoms with Crippen LogP contribution in [0.5, 0.6) is 0 Å². The van der Waals surface area contributed by atoms with Gasteiger partial charge in [0.1, 0.15) is 5.82 Å². The zero-order valence-electron chi connectivity index (χ0n) is 16.7. The Bertz CT molecular complexity index is 1100. The van der Waals surface area contributed by atoms with Gasteiger partial charge in [-0.3, -0.25) is 9.59 Å². The average Bonchev–Trinajstić information content (AvgIpc) is 3.37. The Morgan fingerprint density at radius 2 is 1.77 bits per heavy atom. The molecule has 2 fully saturated rings. The van der Waals surface area contributed by atoms with Crippen molar-refractivity contribution in [1.82, 2.24) is 9.88 Å². The molecule has 0 radical (unpaired) electrons. The average molecular weight is 405 g/mol. The van der Waals surface area contributed by atoms with Gasteiger partial charge in [0.2, 0.25) is 11.8 Å². The molecule has 0 saturated carbocycles. The number of carbonyl (C=O) groups excluding carboxylic acids is 2. The van der Waals surface area contributed by atoms with Gasteiger partial charge in [-0.15, -0.1) is 0 Å². The highest BCUT2D eigenvalue weighted by atomic mass is 19.1. The maximum atomic E-state index is 14.1. The molecule has 3 aromatic rings. The highest BCUT2D eigenvalue weighted by Gasteiger charge is 2.39.